The van der Waals surface area contributed by atoms with Gasteiger partial charge in [-0.15, -0.1) is 0 Å². The van der Waals surface area contributed by atoms with E-state index in [4.69, 9.17) is 0 Å². The standard InChI is InChI=1S/C23H26N6OS/c1-16(2)21-24-15-18-19(25-21)7-8-29(23(18)30)14-11-27-9-12-28(13-10-27)22-17-5-3-4-6-20(17)31-26-22/h3-8,15-16H,9-14H2,1-2H3. The summed E-state index contributed by atoms with van der Waals surface area (Å²) in [6, 6.07) is 10.3. The molecule has 0 aliphatic carbocycles. The van der Waals surface area contributed by atoms with Crippen LogP contribution in [0.1, 0.15) is 25.6 Å². The smallest absolute Gasteiger partial charge is 0.261 e. The molecule has 4 heterocycles. The van der Waals surface area contributed by atoms with Crippen LogP contribution in [0, 0.1) is 0 Å². The Hall–Kier alpha value is -2.84. The molecule has 0 saturated carbocycles. The molecule has 7 nitrogen and oxygen atoms in total. The lowest BCUT2D eigenvalue weighted by Gasteiger charge is -2.35. The number of anilines is 1. The number of pyridine rings is 1. The molecule has 0 radical (unpaired) electrons. The van der Waals surface area contributed by atoms with Crippen LogP contribution in [0.25, 0.3) is 21.0 Å². The maximum atomic E-state index is 12.9. The number of hydrogen-bond donors (Lipinski definition) is 0. The van der Waals surface area contributed by atoms with Gasteiger partial charge in [0.25, 0.3) is 5.56 Å². The minimum absolute atomic E-state index is 0.0135. The fraction of sp³-hybridized carbons (Fsp3) is 0.391. The van der Waals surface area contributed by atoms with E-state index in [1.165, 1.54) is 10.1 Å². The molecule has 5 rings (SSSR count). The second-order valence-corrected chi connectivity index (χ2v) is 9.13. The van der Waals surface area contributed by atoms with Crippen molar-refractivity contribution in [3.63, 3.8) is 0 Å². The first-order valence-electron chi connectivity index (χ1n) is 10.8. The van der Waals surface area contributed by atoms with Crippen LogP contribution in [-0.2, 0) is 6.54 Å². The highest BCUT2D eigenvalue weighted by atomic mass is 32.1. The summed E-state index contributed by atoms with van der Waals surface area (Å²) in [6.07, 6.45) is 3.53. The van der Waals surface area contributed by atoms with Gasteiger partial charge in [0, 0.05) is 63.0 Å². The summed E-state index contributed by atoms with van der Waals surface area (Å²) in [5.74, 6) is 2.12. The third-order valence-electron chi connectivity index (χ3n) is 5.94. The number of nitrogens with zero attached hydrogens (tertiary/aromatic N) is 6. The van der Waals surface area contributed by atoms with Crippen LogP contribution in [-0.4, -0.2) is 56.5 Å². The Kier molecular flexibility index (Phi) is 5.41. The molecule has 1 aliphatic rings. The molecule has 1 aromatic carbocycles. The maximum Gasteiger partial charge on any atom is 0.261 e. The predicted molar refractivity (Wildman–Crippen MR) is 126 cm³/mol. The molecular weight excluding hydrogens is 408 g/mol. The fourth-order valence-corrected chi connectivity index (χ4v) is 4.87. The summed E-state index contributed by atoms with van der Waals surface area (Å²) in [7, 11) is 0. The summed E-state index contributed by atoms with van der Waals surface area (Å²) in [5, 5.41) is 1.83. The Bertz CT molecular complexity index is 1270. The number of rotatable bonds is 5. The van der Waals surface area contributed by atoms with E-state index in [-0.39, 0.29) is 11.5 Å². The highest BCUT2D eigenvalue weighted by Crippen LogP contribution is 2.29. The fourth-order valence-electron chi connectivity index (χ4n) is 4.07. The van der Waals surface area contributed by atoms with Gasteiger partial charge in [-0.25, -0.2) is 9.97 Å². The minimum Gasteiger partial charge on any atom is -0.353 e. The van der Waals surface area contributed by atoms with Gasteiger partial charge in [-0.2, -0.15) is 4.37 Å². The Labute approximate surface area is 185 Å². The normalized spacial score (nSPS) is 15.4. The molecule has 0 bridgehead atoms. The van der Waals surface area contributed by atoms with E-state index in [9.17, 15) is 4.79 Å². The van der Waals surface area contributed by atoms with Crippen molar-refractivity contribution < 1.29 is 0 Å². The van der Waals surface area contributed by atoms with Crippen LogP contribution in [0.2, 0.25) is 0 Å². The minimum atomic E-state index is -0.0135. The number of piperazine rings is 1. The lowest BCUT2D eigenvalue weighted by Crippen LogP contribution is -2.47. The zero-order chi connectivity index (χ0) is 21.4. The van der Waals surface area contributed by atoms with E-state index in [0.29, 0.717) is 11.9 Å². The molecule has 1 aliphatic heterocycles. The monoisotopic (exact) mass is 434 g/mol. The Morgan fingerprint density at radius 2 is 1.84 bits per heavy atom. The van der Waals surface area contributed by atoms with Gasteiger partial charge in [-0.3, -0.25) is 9.69 Å². The van der Waals surface area contributed by atoms with E-state index in [1.54, 1.807) is 22.3 Å². The van der Waals surface area contributed by atoms with Crippen molar-refractivity contribution >= 4 is 38.3 Å². The summed E-state index contributed by atoms with van der Waals surface area (Å²) in [6.45, 7) is 9.46. The Morgan fingerprint density at radius 3 is 2.65 bits per heavy atom. The van der Waals surface area contributed by atoms with E-state index in [0.717, 1.165) is 49.9 Å². The van der Waals surface area contributed by atoms with Gasteiger partial charge in [0.05, 0.1) is 15.6 Å². The lowest BCUT2D eigenvalue weighted by atomic mass is 10.2. The zero-order valence-electron chi connectivity index (χ0n) is 17.9. The molecule has 3 aromatic heterocycles. The van der Waals surface area contributed by atoms with Crippen LogP contribution in [0.5, 0.6) is 0 Å². The van der Waals surface area contributed by atoms with Gasteiger partial charge >= 0.3 is 0 Å². The molecular formula is C23H26N6OS. The molecule has 4 aromatic rings. The number of fused-ring (bicyclic) bond motifs is 2. The summed E-state index contributed by atoms with van der Waals surface area (Å²) >= 11 is 1.57. The van der Waals surface area contributed by atoms with Gasteiger partial charge in [0.2, 0.25) is 0 Å². The number of benzene rings is 1. The van der Waals surface area contributed by atoms with Crippen LogP contribution in [0.15, 0.2) is 47.5 Å². The highest BCUT2D eigenvalue weighted by molar-refractivity contribution is 7.13. The largest absolute Gasteiger partial charge is 0.353 e. The van der Waals surface area contributed by atoms with Crippen molar-refractivity contribution in [2.75, 3.05) is 37.6 Å². The molecule has 0 atom stereocenters. The quantitative estimate of drug-likeness (QED) is 0.480. The van der Waals surface area contributed by atoms with Crippen molar-refractivity contribution in [3.8, 4) is 0 Å². The van der Waals surface area contributed by atoms with Crippen LogP contribution in [0.3, 0.4) is 0 Å². The van der Waals surface area contributed by atoms with Crippen LogP contribution in [0.4, 0.5) is 5.82 Å². The lowest BCUT2D eigenvalue weighted by molar-refractivity contribution is 0.247. The molecule has 0 amide bonds. The van der Waals surface area contributed by atoms with Crippen molar-refractivity contribution in [1.29, 1.82) is 0 Å². The topological polar surface area (TPSA) is 67.2 Å². The first-order valence-corrected chi connectivity index (χ1v) is 11.6. The van der Waals surface area contributed by atoms with Crippen molar-refractivity contribution in [3.05, 3.63) is 58.9 Å². The molecule has 0 spiro atoms. The average molecular weight is 435 g/mol. The molecule has 1 saturated heterocycles. The molecule has 160 valence electrons. The summed E-state index contributed by atoms with van der Waals surface area (Å²) < 4.78 is 7.70. The van der Waals surface area contributed by atoms with E-state index in [2.05, 4.69) is 62.3 Å². The van der Waals surface area contributed by atoms with Crippen molar-refractivity contribution in [1.82, 2.24) is 23.8 Å². The Morgan fingerprint density at radius 1 is 1.03 bits per heavy atom. The third-order valence-corrected chi connectivity index (χ3v) is 6.76. The molecule has 8 heteroatoms. The first kappa shape index (κ1) is 20.1. The average Bonchev–Trinajstić information content (AvgIpc) is 3.23. The SMILES string of the molecule is CC(C)c1ncc2c(=O)n(CCN3CCN(c4nsc5ccccc45)CC3)ccc2n1. The molecule has 1 fully saturated rings. The second-order valence-electron chi connectivity index (χ2n) is 8.33. The first-order chi connectivity index (χ1) is 15.1. The second kappa shape index (κ2) is 8.36. The van der Waals surface area contributed by atoms with E-state index in [1.807, 2.05) is 12.3 Å². The van der Waals surface area contributed by atoms with E-state index >= 15 is 0 Å². The van der Waals surface area contributed by atoms with Crippen LogP contribution >= 0.6 is 11.5 Å². The van der Waals surface area contributed by atoms with Gasteiger partial charge in [0.1, 0.15) is 11.6 Å². The van der Waals surface area contributed by atoms with Gasteiger partial charge < -0.3 is 9.47 Å². The summed E-state index contributed by atoms with van der Waals surface area (Å²) in [5.41, 5.74) is 0.712. The zero-order valence-corrected chi connectivity index (χ0v) is 18.7. The molecule has 0 unspecified atom stereocenters. The number of aromatic nitrogens is 4. The highest BCUT2D eigenvalue weighted by Gasteiger charge is 2.20. The Balaban J connectivity index is 1.23. The predicted octanol–water partition coefficient (Wildman–Crippen LogP) is 3.35. The van der Waals surface area contributed by atoms with E-state index < -0.39 is 0 Å². The maximum absolute atomic E-state index is 12.9. The molecule has 31 heavy (non-hydrogen) atoms. The van der Waals surface area contributed by atoms with Gasteiger partial charge in [-0.05, 0) is 29.7 Å². The third kappa shape index (κ3) is 3.93. The number of hydrogen-bond acceptors (Lipinski definition) is 7. The summed E-state index contributed by atoms with van der Waals surface area (Å²) in [4.78, 5) is 26.6. The van der Waals surface area contributed by atoms with Crippen LogP contribution < -0.4 is 10.5 Å². The molecule has 0 N–H and O–H groups in total. The van der Waals surface area contributed by atoms with Gasteiger partial charge in [0.15, 0.2) is 0 Å². The van der Waals surface area contributed by atoms with Gasteiger partial charge in [-0.1, -0.05) is 26.0 Å². The van der Waals surface area contributed by atoms with Crippen molar-refractivity contribution in [2.24, 2.45) is 0 Å². The van der Waals surface area contributed by atoms with Crippen molar-refractivity contribution in [2.45, 2.75) is 26.3 Å².